The second-order valence-corrected chi connectivity index (χ2v) is 11.5. The Morgan fingerprint density at radius 2 is 1.77 bits per heavy atom. The van der Waals surface area contributed by atoms with Crippen LogP contribution in [0.25, 0.3) is 50.6 Å². The summed E-state index contributed by atoms with van der Waals surface area (Å²) in [5, 5.41) is 4.53. The highest BCUT2D eigenvalue weighted by atomic mass is 19.3. The third kappa shape index (κ3) is 6.46. The summed E-state index contributed by atoms with van der Waals surface area (Å²) in [7, 11) is 0. The minimum Gasteiger partial charge on any atom is -0.458 e. The molecule has 1 aliphatic rings. The number of anilines is 1. The number of nitrogens with two attached hydrogens (primary N) is 1. The Bertz CT molecular complexity index is 2090. The van der Waals surface area contributed by atoms with Gasteiger partial charge in [0.2, 0.25) is 5.91 Å². The number of nitrogens with zero attached hydrogens (tertiary/aromatic N) is 3. The Labute approximate surface area is 267 Å². The molecule has 0 bridgehead atoms. The molecular formula is C36H29F2N5O4. The number of pyridine rings is 2. The van der Waals surface area contributed by atoms with Crippen LogP contribution in [0.5, 0.6) is 0 Å². The zero-order valence-corrected chi connectivity index (χ0v) is 25.1. The van der Waals surface area contributed by atoms with E-state index >= 15 is 0 Å². The summed E-state index contributed by atoms with van der Waals surface area (Å²) in [6.07, 6.45) is 5.41. The number of carbonyl (C=O) groups is 2. The fourth-order valence-electron chi connectivity index (χ4n) is 5.57. The van der Waals surface area contributed by atoms with Gasteiger partial charge in [0.1, 0.15) is 28.5 Å². The topological polar surface area (TPSA) is 127 Å². The molecule has 9 nitrogen and oxygen atoms in total. The monoisotopic (exact) mass is 633 g/mol. The molecule has 6 aromatic rings. The molecule has 1 saturated heterocycles. The molecule has 0 saturated carbocycles. The van der Waals surface area contributed by atoms with E-state index in [1.54, 1.807) is 36.5 Å². The standard InChI is InChI=1S/C36H29F2N5O4/c37-36(38)11-13-43(14-12-36)35(45)24-7-8-29(40-20-24)25-15-26-16-27(21-42-33(44)10-6-22-5-9-32(39)41-19-22)46-34(26)28(17-25)31-18-23-3-1-2-4-30(23)47-31/h1-10,15-20H,11-14,21H2,(H2,39,41)(H,42,44). The number of hydrogen-bond acceptors (Lipinski definition) is 7. The Kier molecular flexibility index (Phi) is 7.72. The maximum Gasteiger partial charge on any atom is 0.255 e. The molecular weight excluding hydrogens is 604 g/mol. The number of piperidine rings is 1. The lowest BCUT2D eigenvalue weighted by molar-refractivity contribution is -0.116. The second-order valence-electron chi connectivity index (χ2n) is 11.5. The zero-order chi connectivity index (χ0) is 32.5. The van der Waals surface area contributed by atoms with Crippen LogP contribution in [0, 0.1) is 0 Å². The molecule has 236 valence electrons. The Hall–Kier alpha value is -5.84. The van der Waals surface area contributed by atoms with Gasteiger partial charge in [0, 0.05) is 60.7 Å². The summed E-state index contributed by atoms with van der Waals surface area (Å²) in [5.41, 5.74) is 10.0. The van der Waals surface area contributed by atoms with E-state index in [2.05, 4.69) is 15.3 Å². The summed E-state index contributed by atoms with van der Waals surface area (Å²) in [4.78, 5) is 35.5. The number of benzene rings is 2. The van der Waals surface area contributed by atoms with Gasteiger partial charge in [0.05, 0.1) is 23.4 Å². The highest BCUT2D eigenvalue weighted by Crippen LogP contribution is 2.38. The minimum atomic E-state index is -2.74. The van der Waals surface area contributed by atoms with Crippen molar-refractivity contribution in [3.05, 3.63) is 108 Å². The van der Waals surface area contributed by atoms with Gasteiger partial charge in [0.25, 0.3) is 11.8 Å². The first-order valence-corrected chi connectivity index (χ1v) is 15.1. The van der Waals surface area contributed by atoms with Gasteiger partial charge in [-0.3, -0.25) is 14.6 Å². The number of carbonyl (C=O) groups excluding carboxylic acids is 2. The number of likely N-dealkylation sites (tertiary alicyclic amines) is 1. The van der Waals surface area contributed by atoms with Gasteiger partial charge in [-0.1, -0.05) is 18.2 Å². The van der Waals surface area contributed by atoms with E-state index in [1.807, 2.05) is 48.5 Å². The molecule has 1 fully saturated rings. The highest BCUT2D eigenvalue weighted by molar-refractivity contribution is 5.98. The van der Waals surface area contributed by atoms with Crippen molar-refractivity contribution in [2.24, 2.45) is 0 Å². The second kappa shape index (κ2) is 12.2. The lowest BCUT2D eigenvalue weighted by Gasteiger charge is -2.31. The Balaban J connectivity index is 1.17. The first kappa shape index (κ1) is 29.8. The molecule has 0 unspecified atom stereocenters. The van der Waals surface area contributed by atoms with Crippen LogP contribution in [0.3, 0.4) is 0 Å². The summed E-state index contributed by atoms with van der Waals surface area (Å²) >= 11 is 0. The quantitative estimate of drug-likeness (QED) is 0.180. The van der Waals surface area contributed by atoms with Crippen LogP contribution in [-0.4, -0.2) is 45.7 Å². The van der Waals surface area contributed by atoms with E-state index in [0.29, 0.717) is 39.7 Å². The van der Waals surface area contributed by atoms with E-state index in [-0.39, 0.29) is 44.3 Å². The molecule has 0 radical (unpaired) electrons. The summed E-state index contributed by atoms with van der Waals surface area (Å²) in [6.45, 7) is 0.152. The maximum absolute atomic E-state index is 13.6. The first-order valence-electron chi connectivity index (χ1n) is 15.1. The van der Waals surface area contributed by atoms with Crippen molar-refractivity contribution in [3.8, 4) is 22.6 Å². The summed E-state index contributed by atoms with van der Waals surface area (Å²) in [6, 6.07) is 22.1. The molecule has 7 rings (SSSR count). The van der Waals surface area contributed by atoms with Crippen LogP contribution in [0.4, 0.5) is 14.6 Å². The lowest BCUT2D eigenvalue weighted by atomic mass is 10.0. The van der Waals surface area contributed by atoms with Crippen molar-refractivity contribution < 1.29 is 27.2 Å². The van der Waals surface area contributed by atoms with E-state index in [4.69, 9.17) is 14.6 Å². The molecule has 5 heterocycles. The largest absolute Gasteiger partial charge is 0.458 e. The lowest BCUT2D eigenvalue weighted by Crippen LogP contribution is -2.42. The smallest absolute Gasteiger partial charge is 0.255 e. The average molecular weight is 634 g/mol. The normalized spacial score (nSPS) is 14.6. The van der Waals surface area contributed by atoms with Gasteiger partial charge >= 0.3 is 0 Å². The molecule has 0 spiro atoms. The fourth-order valence-corrected chi connectivity index (χ4v) is 5.57. The van der Waals surface area contributed by atoms with Crippen molar-refractivity contribution in [2.45, 2.75) is 25.3 Å². The third-order valence-corrected chi connectivity index (χ3v) is 8.12. The maximum atomic E-state index is 13.6. The van der Waals surface area contributed by atoms with Gasteiger partial charge < -0.3 is 24.8 Å². The molecule has 47 heavy (non-hydrogen) atoms. The predicted molar refractivity (Wildman–Crippen MR) is 174 cm³/mol. The number of furan rings is 2. The van der Waals surface area contributed by atoms with Gasteiger partial charge in [-0.05, 0) is 66.2 Å². The van der Waals surface area contributed by atoms with Crippen molar-refractivity contribution in [2.75, 3.05) is 18.8 Å². The molecule has 4 aromatic heterocycles. The first-order chi connectivity index (χ1) is 22.7. The average Bonchev–Trinajstić information content (AvgIpc) is 3.71. The molecule has 2 amide bonds. The van der Waals surface area contributed by atoms with Crippen molar-refractivity contribution in [1.82, 2.24) is 20.2 Å². The molecule has 0 atom stereocenters. The molecule has 2 aromatic carbocycles. The number of hydrogen-bond donors (Lipinski definition) is 2. The van der Waals surface area contributed by atoms with E-state index in [0.717, 1.165) is 27.5 Å². The van der Waals surface area contributed by atoms with Gasteiger partial charge in [-0.2, -0.15) is 0 Å². The van der Waals surface area contributed by atoms with Crippen LogP contribution in [0.15, 0.2) is 100 Å². The SMILES string of the molecule is Nc1ccc(C=CC(=O)NCc2cc3cc(-c4ccc(C(=O)N5CCC(F)(F)CC5)cn4)cc(-c4cc5ccccc5o4)c3o2)cn1. The van der Waals surface area contributed by atoms with E-state index < -0.39 is 5.92 Å². The number of alkyl halides is 2. The van der Waals surface area contributed by atoms with Crippen molar-refractivity contribution in [1.29, 1.82) is 0 Å². The van der Waals surface area contributed by atoms with Crippen LogP contribution in [-0.2, 0) is 11.3 Å². The Morgan fingerprint density at radius 3 is 2.51 bits per heavy atom. The van der Waals surface area contributed by atoms with Crippen molar-refractivity contribution >= 4 is 45.6 Å². The summed E-state index contributed by atoms with van der Waals surface area (Å²) in [5.74, 6) is -1.84. The van der Waals surface area contributed by atoms with Crippen LogP contribution in [0.2, 0.25) is 0 Å². The number of nitrogen functional groups attached to an aromatic ring is 1. The summed E-state index contributed by atoms with van der Waals surface area (Å²) < 4.78 is 39.7. The predicted octanol–water partition coefficient (Wildman–Crippen LogP) is 7.09. The Morgan fingerprint density at radius 1 is 0.936 bits per heavy atom. The fraction of sp³-hybridized carbons (Fsp3) is 0.167. The minimum absolute atomic E-state index is 0.00470. The number of nitrogens with one attached hydrogen (secondary N) is 1. The number of aromatic nitrogens is 2. The highest BCUT2D eigenvalue weighted by Gasteiger charge is 2.35. The van der Waals surface area contributed by atoms with Gasteiger partial charge in [-0.25, -0.2) is 13.8 Å². The van der Waals surface area contributed by atoms with E-state index in [9.17, 15) is 18.4 Å². The van der Waals surface area contributed by atoms with Crippen molar-refractivity contribution in [3.63, 3.8) is 0 Å². The number of halogens is 2. The van der Waals surface area contributed by atoms with Gasteiger partial charge in [0.15, 0.2) is 0 Å². The van der Waals surface area contributed by atoms with E-state index in [1.165, 1.54) is 17.2 Å². The number of amides is 2. The molecule has 3 N–H and O–H groups in total. The number of rotatable bonds is 7. The third-order valence-electron chi connectivity index (χ3n) is 8.12. The number of para-hydroxylation sites is 1. The number of fused-ring (bicyclic) bond motifs is 2. The zero-order valence-electron chi connectivity index (χ0n) is 25.1. The van der Waals surface area contributed by atoms with Crippen LogP contribution < -0.4 is 11.1 Å². The van der Waals surface area contributed by atoms with Gasteiger partial charge in [-0.15, -0.1) is 0 Å². The molecule has 11 heteroatoms. The van der Waals surface area contributed by atoms with Crippen LogP contribution >= 0.6 is 0 Å². The molecule has 1 aliphatic heterocycles. The van der Waals surface area contributed by atoms with Crippen LogP contribution in [0.1, 0.15) is 34.5 Å². The molecule has 0 aliphatic carbocycles.